The molecule has 0 amide bonds. The normalized spacial score (nSPS) is 11.7. The lowest BCUT2D eigenvalue weighted by Gasteiger charge is -2.20. The molecule has 0 aliphatic carbocycles. The molecule has 0 N–H and O–H groups in total. The smallest absolute Gasteiger partial charge is 0.136 e. The summed E-state index contributed by atoms with van der Waals surface area (Å²) in [7, 11) is 0. The second-order valence-electron chi connectivity index (χ2n) is 12.8. The highest BCUT2D eigenvalue weighted by molar-refractivity contribution is 6.25. The summed E-state index contributed by atoms with van der Waals surface area (Å²) in [4.78, 5) is 0. The van der Waals surface area contributed by atoms with Crippen molar-refractivity contribution in [2.24, 2.45) is 0 Å². The average Bonchev–Trinajstić information content (AvgIpc) is 3.56. The highest BCUT2D eigenvalue weighted by atomic mass is 16.3. The molecule has 0 radical (unpaired) electrons. The van der Waals surface area contributed by atoms with Crippen molar-refractivity contribution >= 4 is 54.3 Å². The van der Waals surface area contributed by atoms with Crippen LogP contribution in [0.2, 0.25) is 0 Å². The van der Waals surface area contributed by atoms with E-state index in [-0.39, 0.29) is 0 Å². The molecule has 0 fully saturated rings. The molecule has 10 rings (SSSR count). The van der Waals surface area contributed by atoms with Crippen molar-refractivity contribution in [3.63, 3.8) is 0 Å². The number of benzene rings is 9. The van der Waals surface area contributed by atoms with Crippen molar-refractivity contribution in [1.29, 1.82) is 0 Å². The summed E-state index contributed by atoms with van der Waals surface area (Å²) in [5, 5.41) is 9.75. The number of hydrogen-bond donors (Lipinski definition) is 0. The molecule has 10 aromatic rings. The maximum absolute atomic E-state index is 6.34. The molecule has 1 heteroatoms. The number of hydrogen-bond acceptors (Lipinski definition) is 1. The van der Waals surface area contributed by atoms with Gasteiger partial charge in [-0.3, -0.25) is 0 Å². The number of rotatable bonds is 4. The molecule has 0 aliphatic rings. The summed E-state index contributed by atoms with van der Waals surface area (Å²) in [5.74, 6) is 0. The minimum absolute atomic E-state index is 0.907. The fourth-order valence-electron chi connectivity index (χ4n) is 7.94. The Bertz CT molecular complexity index is 2820. The summed E-state index contributed by atoms with van der Waals surface area (Å²) in [5.41, 5.74) is 11.6. The fraction of sp³-hybridized carbons (Fsp3) is 0. The number of furan rings is 1. The molecular formula is C48H30O. The summed E-state index contributed by atoms with van der Waals surface area (Å²) < 4.78 is 6.34. The highest BCUT2D eigenvalue weighted by Gasteiger charge is 2.21. The van der Waals surface area contributed by atoms with E-state index >= 15 is 0 Å². The third-order valence-corrected chi connectivity index (χ3v) is 10.1. The Labute approximate surface area is 284 Å². The van der Waals surface area contributed by atoms with Gasteiger partial charge in [0.05, 0.1) is 0 Å². The van der Waals surface area contributed by atoms with Gasteiger partial charge < -0.3 is 4.42 Å². The maximum Gasteiger partial charge on any atom is 0.136 e. The van der Waals surface area contributed by atoms with Crippen molar-refractivity contribution in [3.05, 3.63) is 182 Å². The molecule has 0 saturated carbocycles. The minimum atomic E-state index is 0.907. The zero-order valence-corrected chi connectivity index (χ0v) is 26.7. The van der Waals surface area contributed by atoms with Crippen LogP contribution in [0.25, 0.3) is 98.8 Å². The van der Waals surface area contributed by atoms with E-state index in [0.29, 0.717) is 0 Å². The Morgan fingerprint density at radius 2 is 0.816 bits per heavy atom. The SMILES string of the molecule is c1ccc(-c2ccc3cccc(-c4c5ccccc5c(-c5ccccc5-c5cccc6oc7ccccc7c56)c5ccccc45)c3c2)cc1. The van der Waals surface area contributed by atoms with Gasteiger partial charge in [-0.1, -0.05) is 164 Å². The lowest BCUT2D eigenvalue weighted by atomic mass is 9.82. The van der Waals surface area contributed by atoms with E-state index in [1.165, 1.54) is 76.8 Å². The van der Waals surface area contributed by atoms with Crippen LogP contribution in [0, 0.1) is 0 Å². The minimum Gasteiger partial charge on any atom is -0.456 e. The van der Waals surface area contributed by atoms with Crippen molar-refractivity contribution in [1.82, 2.24) is 0 Å². The first-order chi connectivity index (χ1) is 24.3. The van der Waals surface area contributed by atoms with Crippen LogP contribution >= 0.6 is 0 Å². The van der Waals surface area contributed by atoms with Gasteiger partial charge >= 0.3 is 0 Å². The first-order valence-electron chi connectivity index (χ1n) is 16.9. The second-order valence-corrected chi connectivity index (χ2v) is 12.8. The van der Waals surface area contributed by atoms with Crippen LogP contribution < -0.4 is 0 Å². The van der Waals surface area contributed by atoms with Gasteiger partial charge in [0, 0.05) is 10.8 Å². The van der Waals surface area contributed by atoms with E-state index in [1.54, 1.807) is 0 Å². The van der Waals surface area contributed by atoms with Crippen LogP contribution in [-0.2, 0) is 0 Å². The fourth-order valence-corrected chi connectivity index (χ4v) is 7.94. The van der Waals surface area contributed by atoms with Gasteiger partial charge in [-0.2, -0.15) is 0 Å². The van der Waals surface area contributed by atoms with Crippen molar-refractivity contribution in [3.8, 4) is 44.5 Å². The van der Waals surface area contributed by atoms with E-state index in [9.17, 15) is 0 Å². The molecule has 1 nitrogen and oxygen atoms in total. The van der Waals surface area contributed by atoms with Gasteiger partial charge in [-0.05, 0) is 95.0 Å². The Kier molecular flexibility index (Phi) is 6.25. The van der Waals surface area contributed by atoms with Crippen LogP contribution in [0.5, 0.6) is 0 Å². The van der Waals surface area contributed by atoms with Crippen LogP contribution in [0.15, 0.2) is 186 Å². The topological polar surface area (TPSA) is 13.1 Å². The van der Waals surface area contributed by atoms with Gasteiger partial charge in [0.1, 0.15) is 11.2 Å². The average molecular weight is 623 g/mol. The van der Waals surface area contributed by atoms with E-state index < -0.39 is 0 Å². The lowest BCUT2D eigenvalue weighted by Crippen LogP contribution is -1.93. The predicted molar refractivity (Wildman–Crippen MR) is 208 cm³/mol. The summed E-state index contributed by atoms with van der Waals surface area (Å²) in [6.07, 6.45) is 0. The molecule has 0 bridgehead atoms. The van der Waals surface area contributed by atoms with Crippen LogP contribution in [0.1, 0.15) is 0 Å². The van der Waals surface area contributed by atoms with E-state index in [4.69, 9.17) is 4.42 Å². The molecule has 0 aliphatic heterocycles. The monoisotopic (exact) mass is 622 g/mol. The van der Waals surface area contributed by atoms with Gasteiger partial charge in [0.25, 0.3) is 0 Å². The second kappa shape index (κ2) is 11.1. The lowest BCUT2D eigenvalue weighted by molar-refractivity contribution is 0.669. The molecule has 9 aromatic carbocycles. The zero-order chi connectivity index (χ0) is 32.3. The highest BCUT2D eigenvalue weighted by Crippen LogP contribution is 2.48. The van der Waals surface area contributed by atoms with Gasteiger partial charge in [0.15, 0.2) is 0 Å². The Hall–Kier alpha value is -6.44. The van der Waals surface area contributed by atoms with Crippen LogP contribution in [0.3, 0.4) is 0 Å². The van der Waals surface area contributed by atoms with E-state index in [1.807, 2.05) is 6.07 Å². The van der Waals surface area contributed by atoms with Crippen LogP contribution in [-0.4, -0.2) is 0 Å². The van der Waals surface area contributed by atoms with Gasteiger partial charge in [-0.15, -0.1) is 0 Å². The molecule has 228 valence electrons. The van der Waals surface area contributed by atoms with Gasteiger partial charge in [0.2, 0.25) is 0 Å². The first kappa shape index (κ1) is 27.7. The molecule has 0 spiro atoms. The quantitative estimate of drug-likeness (QED) is 0.178. The summed E-state index contributed by atoms with van der Waals surface area (Å²) in [6, 6.07) is 65.8. The van der Waals surface area contributed by atoms with E-state index in [2.05, 4.69) is 176 Å². The number of fused-ring (bicyclic) bond motifs is 6. The largest absolute Gasteiger partial charge is 0.456 e. The first-order valence-corrected chi connectivity index (χ1v) is 16.9. The Morgan fingerprint density at radius 1 is 0.286 bits per heavy atom. The summed E-state index contributed by atoms with van der Waals surface area (Å²) >= 11 is 0. The van der Waals surface area contributed by atoms with E-state index in [0.717, 1.165) is 21.9 Å². The molecule has 0 unspecified atom stereocenters. The molecule has 1 heterocycles. The third-order valence-electron chi connectivity index (χ3n) is 10.1. The standard InChI is InChI=1S/C48H30O/c1-2-14-31(15-3-1)33-29-28-32-16-12-24-41(43(32)30-33)47-39-21-8-6-19-37(39)46(38-20-7-9-22-40(38)47)35-18-5-4-17-34(35)36-25-13-27-45-48(36)42-23-10-11-26-44(42)49-45/h1-30H. The van der Waals surface area contributed by atoms with Crippen LogP contribution in [0.4, 0.5) is 0 Å². The van der Waals surface area contributed by atoms with Crippen molar-refractivity contribution < 1.29 is 4.42 Å². The van der Waals surface area contributed by atoms with Gasteiger partial charge in [-0.25, -0.2) is 0 Å². The predicted octanol–water partition coefficient (Wildman–Crippen LogP) is 13.7. The van der Waals surface area contributed by atoms with Crippen molar-refractivity contribution in [2.45, 2.75) is 0 Å². The molecule has 0 atom stereocenters. The Balaban J connectivity index is 1.29. The van der Waals surface area contributed by atoms with Crippen molar-refractivity contribution in [2.75, 3.05) is 0 Å². The third kappa shape index (κ3) is 4.33. The zero-order valence-electron chi connectivity index (χ0n) is 26.7. The molecule has 0 saturated heterocycles. The maximum atomic E-state index is 6.34. The summed E-state index contributed by atoms with van der Waals surface area (Å²) in [6.45, 7) is 0. The molecule has 49 heavy (non-hydrogen) atoms. The molecule has 1 aromatic heterocycles. The molecular weight excluding hydrogens is 593 g/mol. The number of para-hydroxylation sites is 1. The Morgan fingerprint density at radius 3 is 1.55 bits per heavy atom.